The predicted octanol–water partition coefficient (Wildman–Crippen LogP) is 2.02. The maximum atomic E-state index is 8.85. The van der Waals surface area contributed by atoms with Crippen molar-refractivity contribution < 1.29 is 9.84 Å². The van der Waals surface area contributed by atoms with Gasteiger partial charge in [-0.3, -0.25) is 0 Å². The predicted molar refractivity (Wildman–Crippen MR) is 56.4 cm³/mol. The van der Waals surface area contributed by atoms with Crippen molar-refractivity contribution in [2.24, 2.45) is 0 Å². The van der Waals surface area contributed by atoms with Gasteiger partial charge in [0.25, 0.3) is 0 Å². The van der Waals surface area contributed by atoms with Crippen LogP contribution >= 0.6 is 0 Å². The van der Waals surface area contributed by atoms with Gasteiger partial charge in [0.1, 0.15) is 5.75 Å². The lowest BCUT2D eigenvalue weighted by atomic mass is 10.1. The number of rotatable bonds is 2. The van der Waals surface area contributed by atoms with E-state index in [2.05, 4.69) is 12.1 Å². The van der Waals surface area contributed by atoms with Crippen LogP contribution in [-0.2, 0) is 6.42 Å². The molecule has 0 bridgehead atoms. The van der Waals surface area contributed by atoms with Crippen LogP contribution < -0.4 is 4.74 Å². The molecule has 14 heavy (non-hydrogen) atoms. The van der Waals surface area contributed by atoms with Gasteiger partial charge in [0, 0.05) is 0 Å². The number of aryl methyl sites for hydroxylation is 1. The summed E-state index contributed by atoms with van der Waals surface area (Å²) in [6.45, 7) is 0.126. The molecule has 1 aliphatic carbocycles. The summed E-state index contributed by atoms with van der Waals surface area (Å²) in [5.41, 5.74) is 3.84. The largest absolute Gasteiger partial charge is 0.497 e. The fraction of sp³-hybridized carbons (Fsp3) is 0.333. The molecule has 0 amide bonds. The Balaban J connectivity index is 2.38. The number of aliphatic hydroxyl groups is 1. The molecule has 2 nitrogen and oxygen atoms in total. The average molecular weight is 190 g/mol. The first-order chi connectivity index (χ1) is 6.85. The lowest BCUT2D eigenvalue weighted by Crippen LogP contribution is -1.86. The van der Waals surface area contributed by atoms with E-state index in [9.17, 15) is 0 Å². The third kappa shape index (κ3) is 1.53. The summed E-state index contributed by atoms with van der Waals surface area (Å²) in [6.07, 6.45) is 3.97. The molecule has 2 heteroatoms. The summed E-state index contributed by atoms with van der Waals surface area (Å²) >= 11 is 0. The molecule has 1 aliphatic rings. The van der Waals surface area contributed by atoms with Gasteiger partial charge >= 0.3 is 0 Å². The van der Waals surface area contributed by atoms with Gasteiger partial charge in [0.15, 0.2) is 0 Å². The molecule has 0 fully saturated rings. The van der Waals surface area contributed by atoms with Crippen LogP contribution in [0.25, 0.3) is 5.57 Å². The lowest BCUT2D eigenvalue weighted by molar-refractivity contribution is 0.343. The second-order valence-corrected chi connectivity index (χ2v) is 3.44. The molecule has 0 saturated carbocycles. The Morgan fingerprint density at radius 1 is 1.43 bits per heavy atom. The molecule has 0 spiro atoms. The van der Waals surface area contributed by atoms with Crippen LogP contribution in [0.4, 0.5) is 0 Å². The van der Waals surface area contributed by atoms with E-state index >= 15 is 0 Å². The molecule has 0 radical (unpaired) electrons. The maximum Gasteiger partial charge on any atom is 0.119 e. The average Bonchev–Trinajstić information content (AvgIpc) is 2.61. The first kappa shape index (κ1) is 9.28. The number of ether oxygens (including phenoxy) is 1. The first-order valence-corrected chi connectivity index (χ1v) is 4.82. The number of benzene rings is 1. The maximum absolute atomic E-state index is 8.85. The van der Waals surface area contributed by atoms with Crippen LogP contribution in [-0.4, -0.2) is 18.8 Å². The monoisotopic (exact) mass is 190 g/mol. The van der Waals surface area contributed by atoms with Gasteiger partial charge in [-0.15, -0.1) is 0 Å². The van der Waals surface area contributed by atoms with Crippen LogP contribution in [0.2, 0.25) is 0 Å². The van der Waals surface area contributed by atoms with Gasteiger partial charge in [-0.1, -0.05) is 12.1 Å². The molecule has 0 atom stereocenters. The molecule has 0 heterocycles. The van der Waals surface area contributed by atoms with Crippen molar-refractivity contribution in [3.8, 4) is 5.75 Å². The summed E-state index contributed by atoms with van der Waals surface area (Å²) in [5.74, 6) is 0.911. The van der Waals surface area contributed by atoms with Crippen LogP contribution in [0.5, 0.6) is 5.75 Å². The molecule has 1 aromatic rings. The number of fused-ring (bicyclic) bond motifs is 1. The zero-order valence-corrected chi connectivity index (χ0v) is 8.29. The molecule has 2 rings (SSSR count). The van der Waals surface area contributed by atoms with Gasteiger partial charge in [-0.05, 0) is 41.7 Å². The molecule has 74 valence electrons. The molecule has 0 unspecified atom stereocenters. The van der Waals surface area contributed by atoms with Crippen LogP contribution in [0.15, 0.2) is 24.3 Å². The smallest absolute Gasteiger partial charge is 0.119 e. The zero-order valence-electron chi connectivity index (χ0n) is 8.29. The third-order valence-electron chi connectivity index (χ3n) is 2.66. The lowest BCUT2D eigenvalue weighted by Gasteiger charge is -2.03. The van der Waals surface area contributed by atoms with Gasteiger partial charge in [-0.2, -0.15) is 0 Å². The highest BCUT2D eigenvalue weighted by Crippen LogP contribution is 2.34. The molecule has 0 aliphatic heterocycles. The highest BCUT2D eigenvalue weighted by molar-refractivity contribution is 5.73. The second-order valence-electron chi connectivity index (χ2n) is 3.44. The van der Waals surface area contributed by atoms with Crippen molar-refractivity contribution in [3.05, 3.63) is 35.4 Å². The van der Waals surface area contributed by atoms with Crippen molar-refractivity contribution in [1.82, 2.24) is 0 Å². The van der Waals surface area contributed by atoms with Gasteiger partial charge in [-0.25, -0.2) is 0 Å². The standard InChI is InChI=1S/C12H14O2/c1-14-11-4-5-12-9(6-7-13)2-3-10(12)8-11/h4-6,8,13H,2-3,7H2,1H3/b9-6+. The minimum Gasteiger partial charge on any atom is -0.497 e. The van der Waals surface area contributed by atoms with Crippen LogP contribution in [0, 0.1) is 0 Å². The minimum atomic E-state index is 0.126. The molecule has 0 saturated heterocycles. The van der Waals surface area contributed by atoms with Crippen LogP contribution in [0.3, 0.4) is 0 Å². The topological polar surface area (TPSA) is 29.5 Å². The van der Waals surface area contributed by atoms with Crippen molar-refractivity contribution >= 4 is 5.57 Å². The van der Waals surface area contributed by atoms with Crippen LogP contribution in [0.1, 0.15) is 17.5 Å². The Bertz CT molecular complexity index is 367. The van der Waals surface area contributed by atoms with Crippen molar-refractivity contribution in [3.63, 3.8) is 0 Å². The fourth-order valence-electron chi connectivity index (χ4n) is 1.94. The summed E-state index contributed by atoms with van der Waals surface area (Å²) in [7, 11) is 1.68. The molecular formula is C12H14O2. The summed E-state index contributed by atoms with van der Waals surface area (Å²) < 4.78 is 5.17. The Morgan fingerprint density at radius 3 is 3.00 bits per heavy atom. The Morgan fingerprint density at radius 2 is 2.29 bits per heavy atom. The van der Waals surface area contributed by atoms with E-state index in [0.29, 0.717) is 0 Å². The Hall–Kier alpha value is -1.28. The highest BCUT2D eigenvalue weighted by Gasteiger charge is 2.15. The number of hydrogen-bond acceptors (Lipinski definition) is 2. The summed E-state index contributed by atoms with van der Waals surface area (Å²) in [6, 6.07) is 6.12. The summed E-state index contributed by atoms with van der Waals surface area (Å²) in [4.78, 5) is 0. The minimum absolute atomic E-state index is 0.126. The molecule has 1 aromatic carbocycles. The van der Waals surface area contributed by atoms with Gasteiger partial charge in [0.2, 0.25) is 0 Å². The quantitative estimate of drug-likeness (QED) is 0.773. The third-order valence-corrected chi connectivity index (χ3v) is 2.66. The normalized spacial score (nSPS) is 17.1. The van der Waals surface area contributed by atoms with Crippen molar-refractivity contribution in [2.75, 3.05) is 13.7 Å². The molecule has 0 aromatic heterocycles. The number of methoxy groups -OCH3 is 1. The van der Waals surface area contributed by atoms with E-state index < -0.39 is 0 Å². The van der Waals surface area contributed by atoms with E-state index in [1.807, 2.05) is 12.1 Å². The van der Waals surface area contributed by atoms with E-state index in [0.717, 1.165) is 18.6 Å². The Labute approximate surface area is 83.8 Å². The SMILES string of the molecule is COc1ccc2c(c1)CC/C2=C\CO. The van der Waals surface area contributed by atoms with E-state index in [4.69, 9.17) is 9.84 Å². The van der Waals surface area contributed by atoms with E-state index in [-0.39, 0.29) is 6.61 Å². The number of hydrogen-bond donors (Lipinski definition) is 1. The first-order valence-electron chi connectivity index (χ1n) is 4.82. The molecule has 1 N–H and O–H groups in total. The summed E-state index contributed by atoms with van der Waals surface area (Å²) in [5, 5.41) is 8.85. The number of allylic oxidation sites excluding steroid dienone is 1. The zero-order chi connectivity index (χ0) is 9.97. The Kier molecular flexibility index (Phi) is 2.55. The second kappa shape index (κ2) is 3.84. The highest BCUT2D eigenvalue weighted by atomic mass is 16.5. The van der Waals surface area contributed by atoms with Gasteiger partial charge < -0.3 is 9.84 Å². The van der Waals surface area contributed by atoms with E-state index in [1.54, 1.807) is 7.11 Å². The van der Waals surface area contributed by atoms with Gasteiger partial charge in [0.05, 0.1) is 13.7 Å². The molecular weight excluding hydrogens is 176 g/mol. The fourth-order valence-corrected chi connectivity index (χ4v) is 1.94. The van der Waals surface area contributed by atoms with E-state index in [1.165, 1.54) is 16.7 Å². The number of aliphatic hydroxyl groups excluding tert-OH is 1. The van der Waals surface area contributed by atoms with Crippen molar-refractivity contribution in [2.45, 2.75) is 12.8 Å². The van der Waals surface area contributed by atoms with Crippen molar-refractivity contribution in [1.29, 1.82) is 0 Å².